The number of phenols is 1. The van der Waals surface area contributed by atoms with E-state index >= 15 is 4.39 Å². The number of aliphatic hydroxyl groups is 1. The van der Waals surface area contributed by atoms with Gasteiger partial charge in [-0.1, -0.05) is 42.5 Å². The van der Waals surface area contributed by atoms with Crippen molar-refractivity contribution in [2.75, 3.05) is 12.3 Å². The average molecular weight is 588 g/mol. The Bertz CT molecular complexity index is 1600. The second-order valence-electron chi connectivity index (χ2n) is 9.34. The number of nitrogens with zero attached hydrogens (tertiary/aromatic N) is 4. The number of phenolic OH excluding ortho intramolecular Hbond substituents is 1. The molecule has 214 valence electrons. The largest absolute Gasteiger partial charge is 0.507 e. The average Bonchev–Trinajstić information content (AvgIpc) is 3.47. The molecule has 0 aliphatic carbocycles. The Balaban J connectivity index is 1.35. The number of hydrogen-bond acceptors (Lipinski definition) is 10. The molecule has 0 radical (unpaired) electrons. The lowest BCUT2D eigenvalue weighted by atomic mass is 9.92. The lowest BCUT2D eigenvalue weighted by Gasteiger charge is -2.27. The molecule has 2 aromatic heterocycles. The van der Waals surface area contributed by atoms with Gasteiger partial charge in [0, 0.05) is 12.0 Å². The lowest BCUT2D eigenvalue weighted by molar-refractivity contribution is -0.190. The summed E-state index contributed by atoms with van der Waals surface area (Å²) in [6, 6.07) is 12.8. The van der Waals surface area contributed by atoms with Crippen molar-refractivity contribution in [3.63, 3.8) is 0 Å². The highest BCUT2D eigenvalue weighted by molar-refractivity contribution is 6.28. The van der Waals surface area contributed by atoms with Gasteiger partial charge in [0.2, 0.25) is 5.28 Å². The normalized spacial score (nSPS) is 20.9. The molecule has 3 heterocycles. The summed E-state index contributed by atoms with van der Waals surface area (Å²) in [5.41, 5.74) is 4.57. The van der Waals surface area contributed by atoms with Crippen LogP contribution in [0.2, 0.25) is 5.28 Å². The topological polar surface area (TPSA) is 203 Å². The Morgan fingerprint density at radius 2 is 1.80 bits per heavy atom. The lowest BCUT2D eigenvalue weighted by Crippen LogP contribution is -2.52. The van der Waals surface area contributed by atoms with Crippen LogP contribution in [-0.2, 0) is 25.5 Å². The van der Waals surface area contributed by atoms with Gasteiger partial charge in [0.25, 0.3) is 5.60 Å². The maximum atomic E-state index is 15.2. The van der Waals surface area contributed by atoms with Crippen LogP contribution in [0.5, 0.6) is 5.75 Å². The molecule has 1 aliphatic rings. The molecule has 4 aromatic rings. The van der Waals surface area contributed by atoms with E-state index in [1.165, 1.54) is 18.2 Å². The molecule has 15 heteroatoms. The quantitative estimate of drug-likeness (QED) is 0.141. The first-order valence-corrected chi connectivity index (χ1v) is 12.5. The molecular formula is C26H23ClFN5O8. The number of para-hydroxylation sites is 1. The number of nitrogens with two attached hydrogens (primary N) is 1. The molecule has 0 unspecified atom stereocenters. The number of carboxylic acids is 2. The Morgan fingerprint density at radius 1 is 1.12 bits per heavy atom. The summed E-state index contributed by atoms with van der Waals surface area (Å²) < 4.78 is 27.3. The van der Waals surface area contributed by atoms with E-state index in [9.17, 15) is 30.0 Å². The van der Waals surface area contributed by atoms with Gasteiger partial charge in [0.1, 0.15) is 23.5 Å². The number of nitrogen functional groups attached to an aromatic ring is 1. The minimum absolute atomic E-state index is 0.0293. The zero-order valence-corrected chi connectivity index (χ0v) is 21.7. The molecule has 5 rings (SSSR count). The number of aromatic nitrogens is 4. The van der Waals surface area contributed by atoms with Crippen LogP contribution in [0.25, 0.3) is 22.3 Å². The molecule has 4 atom stereocenters. The smallest absolute Gasteiger partial charge is 0.348 e. The van der Waals surface area contributed by atoms with Crippen LogP contribution in [0.15, 0.2) is 54.9 Å². The number of alkyl halides is 1. The summed E-state index contributed by atoms with van der Waals surface area (Å²) in [6.45, 7) is -0.781. The third-order valence-corrected chi connectivity index (χ3v) is 6.97. The van der Waals surface area contributed by atoms with E-state index < -0.39 is 55.2 Å². The van der Waals surface area contributed by atoms with Crippen molar-refractivity contribution in [1.82, 2.24) is 19.5 Å². The number of aromatic hydroxyl groups is 1. The number of carbonyl (C=O) groups is 2. The van der Waals surface area contributed by atoms with Crippen molar-refractivity contribution >= 4 is 40.5 Å². The molecular weight excluding hydrogens is 565 g/mol. The summed E-state index contributed by atoms with van der Waals surface area (Å²) in [5.74, 6) is -3.64. The van der Waals surface area contributed by atoms with E-state index in [4.69, 9.17) is 26.8 Å². The number of aliphatic carboxylic acids is 2. The highest BCUT2D eigenvalue weighted by Gasteiger charge is 2.52. The molecule has 0 saturated carbocycles. The first kappa shape index (κ1) is 28.2. The van der Waals surface area contributed by atoms with E-state index in [2.05, 4.69) is 15.0 Å². The molecule has 0 spiro atoms. The number of benzene rings is 2. The van der Waals surface area contributed by atoms with E-state index in [1.807, 2.05) is 0 Å². The Labute approximate surface area is 235 Å². The van der Waals surface area contributed by atoms with Crippen molar-refractivity contribution in [3.05, 3.63) is 65.7 Å². The van der Waals surface area contributed by atoms with Crippen molar-refractivity contribution in [1.29, 1.82) is 0 Å². The highest BCUT2D eigenvalue weighted by atomic mass is 35.5. The molecule has 6 N–H and O–H groups in total. The van der Waals surface area contributed by atoms with Crippen LogP contribution in [0.3, 0.4) is 0 Å². The monoisotopic (exact) mass is 587 g/mol. The zero-order chi connectivity index (χ0) is 29.5. The number of aliphatic hydroxyl groups excluding tert-OH is 1. The van der Waals surface area contributed by atoms with Crippen molar-refractivity contribution in [3.8, 4) is 16.9 Å². The molecule has 1 aliphatic heterocycles. The van der Waals surface area contributed by atoms with Gasteiger partial charge in [-0.05, 0) is 28.8 Å². The third kappa shape index (κ3) is 5.13. The molecule has 1 saturated heterocycles. The summed E-state index contributed by atoms with van der Waals surface area (Å²) >= 11 is 5.86. The molecule has 1 fully saturated rings. The van der Waals surface area contributed by atoms with Crippen LogP contribution in [0.4, 0.5) is 10.2 Å². The molecule has 0 bridgehead atoms. The van der Waals surface area contributed by atoms with Gasteiger partial charge in [-0.3, -0.25) is 4.57 Å². The summed E-state index contributed by atoms with van der Waals surface area (Å²) in [4.78, 5) is 36.3. The van der Waals surface area contributed by atoms with Crippen molar-refractivity contribution in [2.45, 2.75) is 36.6 Å². The summed E-state index contributed by atoms with van der Waals surface area (Å²) in [6.07, 6.45) is -6.25. The third-order valence-electron chi connectivity index (χ3n) is 6.80. The van der Waals surface area contributed by atoms with Gasteiger partial charge in [0.05, 0.1) is 12.9 Å². The van der Waals surface area contributed by atoms with Gasteiger partial charge in [-0.15, -0.1) is 0 Å². The van der Waals surface area contributed by atoms with Crippen LogP contribution in [0, 0.1) is 0 Å². The molecule has 2 aromatic carbocycles. The van der Waals surface area contributed by atoms with E-state index in [0.29, 0.717) is 16.7 Å². The summed E-state index contributed by atoms with van der Waals surface area (Å²) in [7, 11) is 0. The number of rotatable bonds is 9. The van der Waals surface area contributed by atoms with E-state index in [1.54, 1.807) is 30.3 Å². The number of ether oxygens (including phenoxy) is 2. The van der Waals surface area contributed by atoms with Gasteiger partial charge < -0.3 is 35.6 Å². The summed E-state index contributed by atoms with van der Waals surface area (Å²) in [5, 5.41) is 40.2. The highest BCUT2D eigenvalue weighted by Crippen LogP contribution is 2.36. The first-order chi connectivity index (χ1) is 19.5. The Kier molecular flexibility index (Phi) is 7.48. The standard InChI is InChI=1S/C26H23ClFN5O8/c27-25-31-20(29)18-21(32-25)33(11-30-18)22-17(28)19(35)16(41-22)10-40-26(23(36)37,24(38)39)9-12-5-7-13(8-6-12)14-3-1-2-4-15(14)34/h1-8,11,16-17,19,22,34-35H,9-10H2,(H,36,37)(H,38,39)(H2,29,31,32)/t16-,17+,19-,22-/m1/s1. The minimum Gasteiger partial charge on any atom is -0.507 e. The minimum atomic E-state index is -2.79. The predicted octanol–water partition coefficient (Wildman–Crippen LogP) is 2.20. The van der Waals surface area contributed by atoms with Crippen LogP contribution >= 0.6 is 11.6 Å². The maximum Gasteiger partial charge on any atom is 0.348 e. The number of halogens is 2. The van der Waals surface area contributed by atoms with Gasteiger partial charge in [0.15, 0.2) is 23.9 Å². The SMILES string of the molecule is Nc1nc(Cl)nc2c1ncn2[C@@H]1O[C@H](COC(Cc2ccc(-c3ccccc3O)cc2)(C(=O)O)C(=O)O)[C@@H](O)[C@@H]1F. The van der Waals surface area contributed by atoms with Gasteiger partial charge in [-0.2, -0.15) is 9.97 Å². The van der Waals surface area contributed by atoms with E-state index in [0.717, 1.165) is 10.9 Å². The number of imidazole rings is 1. The van der Waals surface area contributed by atoms with Crippen LogP contribution in [0.1, 0.15) is 11.8 Å². The molecule has 41 heavy (non-hydrogen) atoms. The Morgan fingerprint density at radius 3 is 2.46 bits per heavy atom. The van der Waals surface area contributed by atoms with Crippen molar-refractivity contribution in [2.24, 2.45) is 0 Å². The van der Waals surface area contributed by atoms with Crippen LogP contribution in [-0.4, -0.2) is 82.5 Å². The predicted molar refractivity (Wildman–Crippen MR) is 141 cm³/mol. The maximum absolute atomic E-state index is 15.2. The fourth-order valence-corrected chi connectivity index (χ4v) is 4.78. The second-order valence-corrected chi connectivity index (χ2v) is 9.68. The number of fused-ring (bicyclic) bond motifs is 1. The second kappa shape index (κ2) is 10.9. The zero-order valence-electron chi connectivity index (χ0n) is 21.0. The fourth-order valence-electron chi connectivity index (χ4n) is 4.61. The van der Waals surface area contributed by atoms with E-state index in [-0.39, 0.29) is 28.0 Å². The van der Waals surface area contributed by atoms with Crippen molar-refractivity contribution < 1.29 is 43.9 Å². The number of carboxylic acid groups (broad SMARTS) is 2. The number of hydrogen-bond donors (Lipinski definition) is 5. The van der Waals surface area contributed by atoms with Crippen LogP contribution < -0.4 is 5.73 Å². The Hall–Kier alpha value is -4.37. The first-order valence-electron chi connectivity index (χ1n) is 12.1. The molecule has 13 nitrogen and oxygen atoms in total. The van der Waals surface area contributed by atoms with Gasteiger partial charge >= 0.3 is 11.9 Å². The van der Waals surface area contributed by atoms with Gasteiger partial charge in [-0.25, -0.2) is 19.0 Å². The number of anilines is 1. The molecule has 0 amide bonds. The fraction of sp³-hybridized carbons (Fsp3) is 0.269.